The van der Waals surface area contributed by atoms with Gasteiger partial charge in [-0.2, -0.15) is 0 Å². The van der Waals surface area contributed by atoms with Gasteiger partial charge in [0.15, 0.2) is 0 Å². The highest BCUT2D eigenvalue weighted by Gasteiger charge is 2.29. The molecule has 22 heavy (non-hydrogen) atoms. The number of hydrogen-bond acceptors (Lipinski definition) is 3. The lowest BCUT2D eigenvalue weighted by molar-refractivity contribution is -0.121. The van der Waals surface area contributed by atoms with Crippen LogP contribution in [0.25, 0.3) is 0 Å². The molecule has 2 rings (SSSR count). The number of carbonyl (C=O) groups excluding carboxylic acids is 2. The van der Waals surface area contributed by atoms with Gasteiger partial charge in [0.25, 0.3) is 0 Å². The standard InChI is InChI=1S/C15H18ClFN2O3/c1-2-22-15(21)19-7-3-4-10(9-19)14(20)18-11-5-6-12(16)13(17)8-11/h5-6,8,10H,2-4,7,9H2,1H3,(H,18,20)/t10-/m0/s1. The number of piperidine rings is 1. The predicted octanol–water partition coefficient (Wildman–Crippen LogP) is 3.29. The molecule has 2 amide bonds. The van der Waals surface area contributed by atoms with Crippen molar-refractivity contribution in [2.75, 3.05) is 25.0 Å². The van der Waals surface area contributed by atoms with Crippen molar-refractivity contribution in [3.63, 3.8) is 0 Å². The molecule has 1 aliphatic heterocycles. The summed E-state index contributed by atoms with van der Waals surface area (Å²) in [5.41, 5.74) is 0.347. The van der Waals surface area contributed by atoms with Gasteiger partial charge >= 0.3 is 6.09 Å². The number of hydrogen-bond donors (Lipinski definition) is 1. The van der Waals surface area contributed by atoms with E-state index in [0.29, 0.717) is 31.8 Å². The summed E-state index contributed by atoms with van der Waals surface area (Å²) in [5.74, 6) is -1.16. The maximum atomic E-state index is 13.4. The molecule has 1 aliphatic rings. The molecule has 0 saturated carbocycles. The first kappa shape index (κ1) is 16.5. The van der Waals surface area contributed by atoms with Crippen molar-refractivity contribution in [3.8, 4) is 0 Å². The summed E-state index contributed by atoms with van der Waals surface area (Å²) in [5, 5.41) is 2.66. The Kier molecular flexibility index (Phi) is 5.60. The number of nitrogens with zero attached hydrogens (tertiary/aromatic N) is 1. The van der Waals surface area contributed by atoms with Crippen molar-refractivity contribution >= 4 is 29.3 Å². The van der Waals surface area contributed by atoms with Gasteiger partial charge in [-0.15, -0.1) is 0 Å². The zero-order valence-electron chi connectivity index (χ0n) is 12.3. The first-order chi connectivity index (χ1) is 10.5. The molecule has 1 aromatic rings. The van der Waals surface area contributed by atoms with E-state index in [-0.39, 0.29) is 16.8 Å². The second-order valence-corrected chi connectivity index (χ2v) is 5.51. The third-order valence-corrected chi connectivity index (χ3v) is 3.81. The molecule has 0 unspecified atom stereocenters. The van der Waals surface area contributed by atoms with Crippen molar-refractivity contribution in [2.24, 2.45) is 5.92 Å². The largest absolute Gasteiger partial charge is 0.450 e. The highest BCUT2D eigenvalue weighted by atomic mass is 35.5. The summed E-state index contributed by atoms with van der Waals surface area (Å²) in [4.78, 5) is 25.5. The Balaban J connectivity index is 1.96. The molecule has 1 fully saturated rings. The van der Waals surface area contributed by atoms with Crippen molar-refractivity contribution < 1.29 is 18.7 Å². The number of ether oxygens (including phenoxy) is 1. The van der Waals surface area contributed by atoms with E-state index in [1.165, 1.54) is 23.1 Å². The van der Waals surface area contributed by atoms with Gasteiger partial charge in [0.05, 0.1) is 17.5 Å². The number of halogens is 2. The lowest BCUT2D eigenvalue weighted by Crippen LogP contribution is -2.44. The summed E-state index contributed by atoms with van der Waals surface area (Å²) in [7, 11) is 0. The molecule has 0 bridgehead atoms. The first-order valence-corrected chi connectivity index (χ1v) is 7.56. The van der Waals surface area contributed by atoms with Crippen LogP contribution in [0.5, 0.6) is 0 Å². The fourth-order valence-corrected chi connectivity index (χ4v) is 2.51. The van der Waals surface area contributed by atoms with E-state index < -0.39 is 11.9 Å². The van der Waals surface area contributed by atoms with Crippen LogP contribution in [0.1, 0.15) is 19.8 Å². The molecule has 1 saturated heterocycles. The summed E-state index contributed by atoms with van der Waals surface area (Å²) in [6.45, 7) is 2.93. The van der Waals surface area contributed by atoms with E-state index >= 15 is 0 Å². The van der Waals surface area contributed by atoms with Gasteiger partial charge in [0, 0.05) is 18.8 Å². The van der Waals surface area contributed by atoms with Crippen molar-refractivity contribution in [1.82, 2.24) is 4.90 Å². The number of likely N-dealkylation sites (tertiary alicyclic amines) is 1. The molecule has 1 N–H and O–H groups in total. The Bertz CT molecular complexity index is 568. The van der Waals surface area contributed by atoms with Crippen LogP contribution in [0, 0.1) is 11.7 Å². The number of carbonyl (C=O) groups is 2. The highest BCUT2D eigenvalue weighted by Crippen LogP contribution is 2.22. The summed E-state index contributed by atoms with van der Waals surface area (Å²) >= 11 is 5.60. The second kappa shape index (κ2) is 7.45. The lowest BCUT2D eigenvalue weighted by atomic mass is 9.97. The van der Waals surface area contributed by atoms with Crippen LogP contribution in [0.3, 0.4) is 0 Å². The first-order valence-electron chi connectivity index (χ1n) is 7.19. The average molecular weight is 329 g/mol. The number of anilines is 1. The van der Waals surface area contributed by atoms with Crippen LogP contribution in [-0.2, 0) is 9.53 Å². The zero-order chi connectivity index (χ0) is 16.1. The third-order valence-electron chi connectivity index (χ3n) is 3.51. The Hall–Kier alpha value is -1.82. The van der Waals surface area contributed by atoms with Crippen LogP contribution in [-0.4, -0.2) is 36.6 Å². The fourth-order valence-electron chi connectivity index (χ4n) is 2.39. The summed E-state index contributed by atoms with van der Waals surface area (Å²) in [6, 6.07) is 4.10. The van der Waals surface area contributed by atoms with E-state index in [2.05, 4.69) is 5.32 Å². The van der Waals surface area contributed by atoms with Crippen molar-refractivity contribution in [3.05, 3.63) is 29.0 Å². The molecule has 1 atom stereocenters. The highest BCUT2D eigenvalue weighted by molar-refractivity contribution is 6.30. The van der Waals surface area contributed by atoms with E-state index in [1.807, 2.05) is 0 Å². The van der Waals surface area contributed by atoms with Crippen LogP contribution >= 0.6 is 11.6 Å². The molecule has 7 heteroatoms. The maximum Gasteiger partial charge on any atom is 0.409 e. The normalized spacial score (nSPS) is 18.0. The minimum absolute atomic E-state index is 0.00384. The molecule has 5 nitrogen and oxygen atoms in total. The molecular formula is C15H18ClFN2O3. The molecule has 0 aromatic heterocycles. The van der Waals surface area contributed by atoms with E-state index in [0.717, 1.165) is 6.42 Å². The summed E-state index contributed by atoms with van der Waals surface area (Å²) in [6.07, 6.45) is 1.00. The van der Waals surface area contributed by atoms with Crippen LogP contribution in [0.15, 0.2) is 18.2 Å². The van der Waals surface area contributed by atoms with Crippen LogP contribution in [0.2, 0.25) is 5.02 Å². The monoisotopic (exact) mass is 328 g/mol. The number of rotatable bonds is 3. The minimum atomic E-state index is -0.587. The van der Waals surface area contributed by atoms with Crippen molar-refractivity contribution in [1.29, 1.82) is 0 Å². The van der Waals surface area contributed by atoms with Gasteiger partial charge in [-0.25, -0.2) is 9.18 Å². The number of nitrogens with one attached hydrogen (secondary N) is 1. The van der Waals surface area contributed by atoms with Crippen molar-refractivity contribution in [2.45, 2.75) is 19.8 Å². The Morgan fingerprint density at radius 2 is 2.27 bits per heavy atom. The molecule has 1 aromatic carbocycles. The van der Waals surface area contributed by atoms with Gasteiger partial charge in [-0.05, 0) is 38.0 Å². The molecule has 0 spiro atoms. The topological polar surface area (TPSA) is 58.6 Å². The van der Waals surface area contributed by atoms with E-state index in [9.17, 15) is 14.0 Å². The minimum Gasteiger partial charge on any atom is -0.450 e. The van der Waals surface area contributed by atoms with Gasteiger partial charge in [0.2, 0.25) is 5.91 Å². The molecule has 120 valence electrons. The van der Waals surface area contributed by atoms with E-state index in [4.69, 9.17) is 16.3 Å². The molecule has 0 radical (unpaired) electrons. The second-order valence-electron chi connectivity index (χ2n) is 5.10. The van der Waals surface area contributed by atoms with Crippen LogP contribution < -0.4 is 5.32 Å². The molecule has 1 heterocycles. The van der Waals surface area contributed by atoms with Gasteiger partial charge < -0.3 is 15.0 Å². The van der Waals surface area contributed by atoms with Gasteiger partial charge in [-0.1, -0.05) is 11.6 Å². The van der Waals surface area contributed by atoms with Crippen LogP contribution in [0.4, 0.5) is 14.9 Å². The number of benzene rings is 1. The zero-order valence-corrected chi connectivity index (χ0v) is 13.0. The quantitative estimate of drug-likeness (QED) is 0.926. The Morgan fingerprint density at radius 3 is 2.95 bits per heavy atom. The maximum absolute atomic E-state index is 13.4. The fraction of sp³-hybridized carbons (Fsp3) is 0.467. The SMILES string of the molecule is CCOC(=O)N1CCC[C@H](C(=O)Nc2ccc(Cl)c(F)c2)C1. The summed E-state index contributed by atoms with van der Waals surface area (Å²) < 4.78 is 18.3. The Morgan fingerprint density at radius 1 is 1.50 bits per heavy atom. The molecular weight excluding hydrogens is 311 g/mol. The predicted molar refractivity (Wildman–Crippen MR) is 81.4 cm³/mol. The lowest BCUT2D eigenvalue weighted by Gasteiger charge is -2.31. The molecule has 0 aliphatic carbocycles. The Labute approximate surface area is 133 Å². The average Bonchev–Trinajstić information content (AvgIpc) is 2.51. The van der Waals surface area contributed by atoms with Gasteiger partial charge in [0.1, 0.15) is 5.82 Å². The third kappa shape index (κ3) is 4.10. The smallest absolute Gasteiger partial charge is 0.409 e. The van der Waals surface area contributed by atoms with Gasteiger partial charge in [-0.3, -0.25) is 4.79 Å². The van der Waals surface area contributed by atoms with E-state index in [1.54, 1.807) is 6.92 Å². The number of amides is 2.